The smallest absolute Gasteiger partial charge is 0.338 e. The molecule has 0 aliphatic carbocycles. The Morgan fingerprint density at radius 3 is 2.56 bits per heavy atom. The van der Waals surface area contributed by atoms with Crippen LogP contribution in [0.25, 0.3) is 0 Å². The van der Waals surface area contributed by atoms with Gasteiger partial charge in [0.15, 0.2) is 0 Å². The third-order valence-corrected chi connectivity index (χ3v) is 3.60. The monoisotopic (exact) mass is 315 g/mol. The van der Waals surface area contributed by atoms with Gasteiger partial charge >= 0.3 is 12.1 Å². The van der Waals surface area contributed by atoms with Crippen molar-refractivity contribution in [3.8, 4) is 0 Å². The molecular formula is C9H9BrF3NOS. The zero-order chi connectivity index (χ0) is 12.3. The summed E-state index contributed by atoms with van der Waals surface area (Å²) in [4.78, 5) is 12.4. The predicted molar refractivity (Wildman–Crippen MR) is 59.4 cm³/mol. The Balaban J connectivity index is 2.47. The van der Waals surface area contributed by atoms with Gasteiger partial charge in [0.25, 0.3) is 0 Å². The average Bonchev–Trinajstić information content (AvgIpc) is 2.58. The van der Waals surface area contributed by atoms with E-state index >= 15 is 0 Å². The number of alkyl halides is 3. The summed E-state index contributed by atoms with van der Waals surface area (Å²) >= 11 is 4.70. The number of rotatable bonds is 3. The van der Waals surface area contributed by atoms with Gasteiger partial charge in [-0.3, -0.25) is 4.79 Å². The lowest BCUT2D eigenvalue weighted by Gasteiger charge is -2.17. The van der Waals surface area contributed by atoms with Crippen molar-refractivity contribution >= 4 is 33.2 Å². The number of carbonyl (C=O) groups is 1. The summed E-state index contributed by atoms with van der Waals surface area (Å²) in [7, 11) is 1.15. The Bertz CT molecular complexity index is 377. The first-order valence-corrected chi connectivity index (χ1v) is 5.98. The van der Waals surface area contributed by atoms with Gasteiger partial charge in [0, 0.05) is 18.5 Å². The number of hydrogen-bond acceptors (Lipinski definition) is 2. The van der Waals surface area contributed by atoms with Crippen LogP contribution in [0.1, 0.15) is 4.88 Å². The van der Waals surface area contributed by atoms with Crippen LogP contribution in [0.5, 0.6) is 0 Å². The highest BCUT2D eigenvalue weighted by Crippen LogP contribution is 2.23. The van der Waals surface area contributed by atoms with Gasteiger partial charge in [-0.1, -0.05) is 0 Å². The molecule has 0 saturated heterocycles. The molecule has 7 heteroatoms. The van der Waals surface area contributed by atoms with Crippen molar-refractivity contribution in [3.05, 3.63) is 20.8 Å². The van der Waals surface area contributed by atoms with Crippen molar-refractivity contribution in [1.29, 1.82) is 0 Å². The molecule has 1 aromatic heterocycles. The van der Waals surface area contributed by atoms with Crippen LogP contribution in [0, 0.1) is 0 Å². The number of amides is 1. The van der Waals surface area contributed by atoms with Crippen LogP contribution in [0.2, 0.25) is 0 Å². The van der Waals surface area contributed by atoms with Gasteiger partial charge in [0.05, 0.1) is 3.79 Å². The van der Waals surface area contributed by atoms with E-state index in [1.54, 1.807) is 0 Å². The molecule has 0 saturated carbocycles. The van der Waals surface area contributed by atoms with Crippen LogP contribution in [0.4, 0.5) is 13.2 Å². The lowest BCUT2D eigenvalue weighted by atomic mass is 10.3. The van der Waals surface area contributed by atoms with Gasteiger partial charge in [0.1, 0.15) is 0 Å². The summed E-state index contributed by atoms with van der Waals surface area (Å²) in [6, 6.07) is 3.65. The van der Waals surface area contributed by atoms with Gasteiger partial charge in [-0.15, -0.1) is 11.3 Å². The third kappa shape index (κ3) is 3.79. The van der Waals surface area contributed by atoms with E-state index in [1.165, 1.54) is 11.3 Å². The number of hydrogen-bond donors (Lipinski definition) is 0. The largest absolute Gasteiger partial charge is 0.471 e. The number of halogens is 4. The highest BCUT2D eigenvalue weighted by molar-refractivity contribution is 9.11. The fourth-order valence-corrected chi connectivity index (χ4v) is 2.55. The van der Waals surface area contributed by atoms with Crippen molar-refractivity contribution in [3.63, 3.8) is 0 Å². The molecule has 0 N–H and O–H groups in total. The molecular weight excluding hydrogens is 307 g/mol. The third-order valence-electron chi connectivity index (χ3n) is 1.91. The van der Waals surface area contributed by atoms with Crippen LogP contribution in [0.15, 0.2) is 15.9 Å². The lowest BCUT2D eigenvalue weighted by molar-refractivity contribution is -0.184. The summed E-state index contributed by atoms with van der Waals surface area (Å²) < 4.78 is 37.0. The van der Waals surface area contributed by atoms with E-state index in [0.29, 0.717) is 11.3 Å². The molecule has 1 heterocycles. The average molecular weight is 316 g/mol. The molecule has 0 spiro atoms. The number of nitrogens with zero attached hydrogens (tertiary/aromatic N) is 1. The standard InChI is InChI=1S/C9H9BrF3NOS/c1-14(8(15)9(11,12)13)5-4-6-2-3-7(10)16-6/h2-3H,4-5H2,1H3. The minimum Gasteiger partial charge on any atom is -0.338 e. The Hall–Kier alpha value is -0.560. The molecule has 16 heavy (non-hydrogen) atoms. The molecule has 0 aliphatic rings. The maximum absolute atomic E-state index is 12.0. The van der Waals surface area contributed by atoms with Gasteiger partial charge < -0.3 is 4.90 Å². The second-order valence-corrected chi connectivity index (χ2v) is 5.73. The van der Waals surface area contributed by atoms with E-state index < -0.39 is 12.1 Å². The molecule has 2 nitrogen and oxygen atoms in total. The van der Waals surface area contributed by atoms with Crippen molar-refractivity contribution in [2.24, 2.45) is 0 Å². The normalized spacial score (nSPS) is 11.6. The van der Waals surface area contributed by atoms with E-state index in [2.05, 4.69) is 15.9 Å². The first-order valence-electron chi connectivity index (χ1n) is 4.37. The highest BCUT2D eigenvalue weighted by Gasteiger charge is 2.40. The molecule has 1 rings (SSSR count). The van der Waals surface area contributed by atoms with Crippen molar-refractivity contribution < 1.29 is 18.0 Å². The van der Waals surface area contributed by atoms with E-state index in [-0.39, 0.29) is 6.54 Å². The first-order chi connectivity index (χ1) is 7.30. The maximum Gasteiger partial charge on any atom is 0.471 e. The van der Waals surface area contributed by atoms with E-state index in [1.807, 2.05) is 12.1 Å². The molecule has 0 unspecified atom stereocenters. The van der Waals surface area contributed by atoms with Crippen LogP contribution in [0.3, 0.4) is 0 Å². The highest BCUT2D eigenvalue weighted by atomic mass is 79.9. The second kappa shape index (κ2) is 5.18. The zero-order valence-electron chi connectivity index (χ0n) is 8.34. The minimum atomic E-state index is -4.79. The first kappa shape index (κ1) is 13.5. The fourth-order valence-electron chi connectivity index (χ4n) is 1.08. The number of carbonyl (C=O) groups excluding carboxylic acids is 1. The molecule has 1 aromatic rings. The molecule has 0 aromatic carbocycles. The van der Waals surface area contributed by atoms with Crippen LogP contribution in [-0.2, 0) is 11.2 Å². The SMILES string of the molecule is CN(CCc1ccc(Br)s1)C(=O)C(F)(F)F. The zero-order valence-corrected chi connectivity index (χ0v) is 10.7. The van der Waals surface area contributed by atoms with Crippen molar-refractivity contribution in [1.82, 2.24) is 4.90 Å². The molecule has 0 bridgehead atoms. The Morgan fingerprint density at radius 1 is 1.50 bits per heavy atom. The van der Waals surface area contributed by atoms with Crippen molar-refractivity contribution in [2.75, 3.05) is 13.6 Å². The molecule has 0 fully saturated rings. The van der Waals surface area contributed by atoms with Gasteiger partial charge in [-0.25, -0.2) is 0 Å². The Kier molecular flexibility index (Phi) is 4.37. The summed E-state index contributed by atoms with van der Waals surface area (Å²) in [5, 5.41) is 0. The summed E-state index contributed by atoms with van der Waals surface area (Å²) in [6.07, 6.45) is -4.36. The summed E-state index contributed by atoms with van der Waals surface area (Å²) in [6.45, 7) is 0.0608. The minimum absolute atomic E-state index is 0.0608. The Labute approximate surface area is 103 Å². The summed E-state index contributed by atoms with van der Waals surface area (Å²) in [5.41, 5.74) is 0. The summed E-state index contributed by atoms with van der Waals surface area (Å²) in [5.74, 6) is -1.80. The van der Waals surface area contributed by atoms with Gasteiger partial charge in [-0.05, 0) is 34.5 Å². The van der Waals surface area contributed by atoms with Crippen LogP contribution in [-0.4, -0.2) is 30.6 Å². The quantitative estimate of drug-likeness (QED) is 0.839. The lowest BCUT2D eigenvalue weighted by Crippen LogP contribution is -2.39. The van der Waals surface area contributed by atoms with E-state index in [4.69, 9.17) is 0 Å². The topological polar surface area (TPSA) is 20.3 Å². The fraction of sp³-hybridized carbons (Fsp3) is 0.444. The Morgan fingerprint density at radius 2 is 2.12 bits per heavy atom. The predicted octanol–water partition coefficient (Wildman–Crippen LogP) is 3.07. The van der Waals surface area contributed by atoms with Crippen LogP contribution < -0.4 is 0 Å². The van der Waals surface area contributed by atoms with E-state index in [9.17, 15) is 18.0 Å². The van der Waals surface area contributed by atoms with Gasteiger partial charge in [0.2, 0.25) is 0 Å². The van der Waals surface area contributed by atoms with E-state index in [0.717, 1.165) is 15.7 Å². The number of likely N-dealkylation sites (N-methyl/N-ethyl adjacent to an activating group) is 1. The maximum atomic E-state index is 12.0. The second-order valence-electron chi connectivity index (χ2n) is 3.18. The number of thiophene rings is 1. The van der Waals surface area contributed by atoms with Crippen LogP contribution >= 0.6 is 27.3 Å². The van der Waals surface area contributed by atoms with Gasteiger partial charge in [-0.2, -0.15) is 13.2 Å². The van der Waals surface area contributed by atoms with Crippen molar-refractivity contribution in [2.45, 2.75) is 12.6 Å². The molecule has 90 valence electrons. The molecule has 0 aliphatic heterocycles. The molecule has 1 amide bonds. The molecule has 0 radical (unpaired) electrons. The molecule has 0 atom stereocenters.